The molecule has 0 fully saturated rings. The number of carbonyl (C=O) groups excluding carboxylic acids is 2. The molecule has 0 radical (unpaired) electrons. The molecule has 1 aliphatic heterocycles. The number of furan rings is 1. The van der Waals surface area contributed by atoms with E-state index in [0.29, 0.717) is 27.5 Å². The Morgan fingerprint density at radius 1 is 0.786 bits per heavy atom. The van der Waals surface area contributed by atoms with E-state index in [1.807, 2.05) is 48.5 Å². The van der Waals surface area contributed by atoms with Gasteiger partial charge in [-0.1, -0.05) is 54.1 Å². The van der Waals surface area contributed by atoms with E-state index in [2.05, 4.69) is 0 Å². The summed E-state index contributed by atoms with van der Waals surface area (Å²) in [4.78, 5) is 26.4. The summed E-state index contributed by atoms with van der Waals surface area (Å²) in [7, 11) is 0. The number of imide groups is 1. The zero-order valence-corrected chi connectivity index (χ0v) is 15.4. The van der Waals surface area contributed by atoms with Crippen molar-refractivity contribution < 1.29 is 14.0 Å². The number of nitrogens with zero attached hydrogens (tertiary/aromatic N) is 1. The summed E-state index contributed by atoms with van der Waals surface area (Å²) < 4.78 is 6.06. The van der Waals surface area contributed by atoms with Gasteiger partial charge in [-0.05, 0) is 35.9 Å². The van der Waals surface area contributed by atoms with Crippen molar-refractivity contribution in [1.29, 1.82) is 0 Å². The second-order valence-corrected chi connectivity index (χ2v) is 7.13. The highest BCUT2D eigenvalue weighted by Gasteiger charge is 2.35. The molecule has 0 unspecified atom stereocenters. The molecule has 1 aliphatic rings. The molecule has 3 aromatic carbocycles. The second kappa shape index (κ2) is 6.36. The lowest BCUT2D eigenvalue weighted by Crippen LogP contribution is -2.28. The Labute approximate surface area is 165 Å². The molecule has 1 aromatic heterocycles. The van der Waals surface area contributed by atoms with Crippen LogP contribution in [-0.4, -0.2) is 16.7 Å². The first-order chi connectivity index (χ1) is 13.6. The highest BCUT2D eigenvalue weighted by atomic mass is 35.5. The van der Waals surface area contributed by atoms with Crippen LogP contribution >= 0.6 is 11.6 Å². The molecule has 4 aromatic rings. The fourth-order valence-corrected chi connectivity index (χ4v) is 3.85. The van der Waals surface area contributed by atoms with Crippen LogP contribution in [-0.2, 0) is 6.54 Å². The molecule has 0 saturated heterocycles. The van der Waals surface area contributed by atoms with Crippen molar-refractivity contribution in [2.24, 2.45) is 0 Å². The second-order valence-electron chi connectivity index (χ2n) is 6.69. The van der Waals surface area contributed by atoms with Crippen molar-refractivity contribution in [3.8, 4) is 11.1 Å². The Bertz CT molecular complexity index is 1210. The average molecular weight is 388 g/mol. The monoisotopic (exact) mass is 387 g/mol. The summed E-state index contributed by atoms with van der Waals surface area (Å²) in [6, 6.07) is 22.2. The van der Waals surface area contributed by atoms with Gasteiger partial charge in [0, 0.05) is 16.0 Å². The van der Waals surface area contributed by atoms with E-state index >= 15 is 0 Å². The summed E-state index contributed by atoms with van der Waals surface area (Å²) in [5.74, 6) is -0.0753. The summed E-state index contributed by atoms with van der Waals surface area (Å²) >= 11 is 6.30. The summed E-state index contributed by atoms with van der Waals surface area (Å²) in [5, 5.41) is 1.43. The van der Waals surface area contributed by atoms with Gasteiger partial charge in [0.15, 0.2) is 0 Å². The molecule has 0 N–H and O–H groups in total. The number of rotatable bonds is 3. The van der Waals surface area contributed by atoms with Crippen LogP contribution in [0.4, 0.5) is 0 Å². The third-order valence-corrected chi connectivity index (χ3v) is 5.13. The molecule has 2 heterocycles. The molecule has 0 aliphatic carbocycles. The Morgan fingerprint density at radius 3 is 2.11 bits per heavy atom. The van der Waals surface area contributed by atoms with Crippen LogP contribution in [0.15, 0.2) is 77.2 Å². The third kappa shape index (κ3) is 2.62. The van der Waals surface area contributed by atoms with Crippen LogP contribution in [0.2, 0.25) is 5.02 Å². The number of carbonyl (C=O) groups is 2. The van der Waals surface area contributed by atoms with E-state index in [-0.39, 0.29) is 18.4 Å². The van der Waals surface area contributed by atoms with Gasteiger partial charge in [0.2, 0.25) is 0 Å². The first-order valence-electron chi connectivity index (χ1n) is 8.84. The predicted molar refractivity (Wildman–Crippen MR) is 107 cm³/mol. The molecule has 2 amide bonds. The van der Waals surface area contributed by atoms with E-state index in [9.17, 15) is 9.59 Å². The van der Waals surface area contributed by atoms with Gasteiger partial charge < -0.3 is 4.42 Å². The van der Waals surface area contributed by atoms with Crippen LogP contribution < -0.4 is 0 Å². The first kappa shape index (κ1) is 16.8. The number of hydrogen-bond acceptors (Lipinski definition) is 3. The van der Waals surface area contributed by atoms with Crippen molar-refractivity contribution in [1.82, 2.24) is 4.90 Å². The van der Waals surface area contributed by atoms with Gasteiger partial charge in [-0.15, -0.1) is 0 Å². The van der Waals surface area contributed by atoms with Gasteiger partial charge in [-0.3, -0.25) is 14.5 Å². The van der Waals surface area contributed by atoms with Crippen LogP contribution in [0.5, 0.6) is 0 Å². The number of halogens is 1. The van der Waals surface area contributed by atoms with Gasteiger partial charge in [-0.2, -0.15) is 0 Å². The highest BCUT2D eigenvalue weighted by Crippen LogP contribution is 2.35. The fourth-order valence-electron chi connectivity index (χ4n) is 3.62. The molecule has 0 spiro atoms. The standard InChI is InChI=1S/C23H14ClNO3/c24-16-10-15-11-17(28-21(15)20(12-16)14-6-2-1-3-7-14)13-25-22(26)18-8-4-5-9-19(18)23(25)27/h1-12H,13H2. The molecule has 28 heavy (non-hydrogen) atoms. The Balaban J connectivity index is 1.55. The number of fused-ring (bicyclic) bond motifs is 2. The first-order valence-corrected chi connectivity index (χ1v) is 9.22. The smallest absolute Gasteiger partial charge is 0.261 e. The van der Waals surface area contributed by atoms with Crippen LogP contribution in [0.3, 0.4) is 0 Å². The summed E-state index contributed by atoms with van der Waals surface area (Å²) in [6.45, 7) is 0.0763. The maximum atomic E-state index is 12.6. The Kier molecular flexibility index (Phi) is 3.81. The molecule has 4 nitrogen and oxygen atoms in total. The number of benzene rings is 3. The number of hydrogen-bond donors (Lipinski definition) is 0. The molecular weight excluding hydrogens is 374 g/mol. The van der Waals surface area contributed by atoms with E-state index in [1.54, 1.807) is 24.3 Å². The summed E-state index contributed by atoms with van der Waals surface area (Å²) in [6.07, 6.45) is 0. The van der Waals surface area contributed by atoms with Crippen molar-refractivity contribution in [2.45, 2.75) is 6.54 Å². The molecule has 5 heteroatoms. The lowest BCUT2D eigenvalue weighted by atomic mass is 10.0. The molecule has 0 bridgehead atoms. The van der Waals surface area contributed by atoms with Crippen LogP contribution in [0, 0.1) is 0 Å². The van der Waals surface area contributed by atoms with Crippen LogP contribution in [0.1, 0.15) is 26.5 Å². The maximum Gasteiger partial charge on any atom is 0.261 e. The minimum atomic E-state index is -0.303. The Hall–Kier alpha value is -3.37. The largest absolute Gasteiger partial charge is 0.459 e. The average Bonchev–Trinajstić information content (AvgIpc) is 3.22. The van der Waals surface area contributed by atoms with E-state index < -0.39 is 0 Å². The lowest BCUT2D eigenvalue weighted by molar-refractivity contribution is 0.0632. The predicted octanol–water partition coefficient (Wildman–Crippen LogP) is 5.55. The van der Waals surface area contributed by atoms with Gasteiger partial charge in [0.25, 0.3) is 11.8 Å². The minimum Gasteiger partial charge on any atom is -0.459 e. The molecule has 0 atom stereocenters. The van der Waals surface area contributed by atoms with Gasteiger partial charge in [0.1, 0.15) is 11.3 Å². The van der Waals surface area contributed by atoms with Crippen molar-refractivity contribution in [3.05, 3.63) is 94.7 Å². The van der Waals surface area contributed by atoms with Crippen molar-refractivity contribution >= 4 is 34.4 Å². The van der Waals surface area contributed by atoms with E-state index in [4.69, 9.17) is 16.0 Å². The van der Waals surface area contributed by atoms with Crippen LogP contribution in [0.25, 0.3) is 22.1 Å². The quantitative estimate of drug-likeness (QED) is 0.433. The minimum absolute atomic E-state index is 0.0763. The van der Waals surface area contributed by atoms with Crippen molar-refractivity contribution in [2.75, 3.05) is 0 Å². The van der Waals surface area contributed by atoms with E-state index in [0.717, 1.165) is 16.5 Å². The van der Waals surface area contributed by atoms with E-state index in [1.165, 1.54) is 4.90 Å². The van der Waals surface area contributed by atoms with Gasteiger partial charge in [-0.25, -0.2) is 0 Å². The SMILES string of the molecule is O=C1c2ccccc2C(=O)N1Cc1cc2cc(Cl)cc(-c3ccccc3)c2o1. The normalized spacial score (nSPS) is 13.4. The maximum absolute atomic E-state index is 12.6. The van der Waals surface area contributed by atoms with Crippen molar-refractivity contribution in [3.63, 3.8) is 0 Å². The topological polar surface area (TPSA) is 50.5 Å². The molecule has 0 saturated carbocycles. The third-order valence-electron chi connectivity index (χ3n) is 4.91. The highest BCUT2D eigenvalue weighted by molar-refractivity contribution is 6.32. The van der Waals surface area contributed by atoms with Gasteiger partial charge in [0.05, 0.1) is 17.7 Å². The zero-order chi connectivity index (χ0) is 19.3. The number of amides is 2. The zero-order valence-electron chi connectivity index (χ0n) is 14.7. The van der Waals surface area contributed by atoms with Gasteiger partial charge >= 0.3 is 0 Å². The lowest BCUT2D eigenvalue weighted by Gasteiger charge is -2.11. The summed E-state index contributed by atoms with van der Waals surface area (Å²) in [5.41, 5.74) is 3.39. The fraction of sp³-hybridized carbons (Fsp3) is 0.0435. The molecule has 136 valence electrons. The Morgan fingerprint density at radius 2 is 1.43 bits per heavy atom. The molecule has 5 rings (SSSR count). The molecular formula is C23H14ClNO3.